The molecule has 1 aliphatic carbocycles. The molecule has 0 amide bonds. The van der Waals surface area contributed by atoms with Crippen molar-refractivity contribution in [1.82, 2.24) is 0 Å². The number of benzene rings is 2. The molecule has 0 bridgehead atoms. The Bertz CT molecular complexity index is 620. The molecule has 0 spiro atoms. The van der Waals surface area contributed by atoms with Gasteiger partial charge in [-0.25, -0.2) is 4.39 Å². The minimum Gasteiger partial charge on any atom is -0.207 e. The minimum absolute atomic E-state index is 0.192. The Kier molecular flexibility index (Phi) is 4.94. The zero-order chi connectivity index (χ0) is 15.4. The van der Waals surface area contributed by atoms with Crippen LogP contribution in [0.2, 0.25) is 0 Å². The lowest BCUT2D eigenvalue weighted by atomic mass is 9.78. The summed E-state index contributed by atoms with van der Waals surface area (Å²) in [5, 5.41) is 0. The lowest BCUT2D eigenvalue weighted by Gasteiger charge is -2.27. The van der Waals surface area contributed by atoms with Gasteiger partial charge in [0, 0.05) is 5.54 Å². The second kappa shape index (κ2) is 7.11. The summed E-state index contributed by atoms with van der Waals surface area (Å²) in [4.78, 5) is 0. The Morgan fingerprint density at radius 3 is 1.91 bits per heavy atom. The van der Waals surface area contributed by atoms with E-state index in [9.17, 15) is 4.39 Å². The van der Waals surface area contributed by atoms with E-state index in [4.69, 9.17) is 11.6 Å². The van der Waals surface area contributed by atoms with Gasteiger partial charge in [0.2, 0.25) is 0 Å². The quantitative estimate of drug-likeness (QED) is 0.605. The third kappa shape index (κ3) is 3.59. The lowest BCUT2D eigenvalue weighted by molar-refractivity contribution is 0.376. The molecule has 22 heavy (non-hydrogen) atoms. The third-order valence-corrected chi connectivity index (χ3v) is 4.82. The molecular weight excluding hydrogens is 295 g/mol. The molecule has 0 heterocycles. The highest BCUT2D eigenvalue weighted by Crippen LogP contribution is 2.37. The molecule has 0 saturated heterocycles. The first-order valence-corrected chi connectivity index (χ1v) is 8.32. The predicted molar refractivity (Wildman–Crippen MR) is 91.5 cm³/mol. The van der Waals surface area contributed by atoms with E-state index in [0.29, 0.717) is 11.8 Å². The molecule has 1 saturated carbocycles. The summed E-state index contributed by atoms with van der Waals surface area (Å²) in [5.74, 6) is 1.11. The van der Waals surface area contributed by atoms with Crippen molar-refractivity contribution in [3.05, 3.63) is 71.5 Å². The van der Waals surface area contributed by atoms with Gasteiger partial charge in [0.1, 0.15) is 5.82 Å². The van der Waals surface area contributed by atoms with Crippen LogP contribution in [0.15, 0.2) is 60.1 Å². The van der Waals surface area contributed by atoms with E-state index >= 15 is 0 Å². The molecule has 0 atom stereocenters. The fourth-order valence-electron chi connectivity index (χ4n) is 3.34. The summed E-state index contributed by atoms with van der Waals surface area (Å²) in [5.41, 5.74) is 5.27. The first-order valence-electron chi connectivity index (χ1n) is 7.89. The lowest BCUT2D eigenvalue weighted by Crippen LogP contribution is -2.11. The Morgan fingerprint density at radius 2 is 1.36 bits per heavy atom. The van der Waals surface area contributed by atoms with E-state index < -0.39 is 0 Å². The molecule has 2 heteroatoms. The third-order valence-electron chi connectivity index (χ3n) is 4.68. The molecule has 1 aliphatic rings. The van der Waals surface area contributed by atoms with Crippen molar-refractivity contribution in [2.75, 3.05) is 0 Å². The molecule has 0 aliphatic heterocycles. The van der Waals surface area contributed by atoms with E-state index in [0.717, 1.165) is 11.1 Å². The summed E-state index contributed by atoms with van der Waals surface area (Å²) in [6.45, 7) is 0. The Balaban J connectivity index is 1.68. The first kappa shape index (κ1) is 15.3. The Labute approximate surface area is 136 Å². The Morgan fingerprint density at radius 1 is 0.818 bits per heavy atom. The van der Waals surface area contributed by atoms with Crippen molar-refractivity contribution in [1.29, 1.82) is 0 Å². The highest BCUT2D eigenvalue weighted by atomic mass is 35.5. The van der Waals surface area contributed by atoms with Gasteiger partial charge >= 0.3 is 0 Å². The van der Waals surface area contributed by atoms with Crippen LogP contribution in [0.25, 0.3) is 11.1 Å². The van der Waals surface area contributed by atoms with Crippen molar-refractivity contribution in [3.63, 3.8) is 0 Å². The van der Waals surface area contributed by atoms with E-state index in [1.807, 2.05) is 12.1 Å². The normalized spacial score (nSPS) is 22.1. The first-order chi connectivity index (χ1) is 10.8. The fourth-order valence-corrected chi connectivity index (χ4v) is 3.54. The van der Waals surface area contributed by atoms with Gasteiger partial charge in [0.15, 0.2) is 0 Å². The SMILES string of the molecule is Fc1ccc(-c2ccc(C3CCC(/C=C/Cl)CC3)cc2)cc1. The summed E-state index contributed by atoms with van der Waals surface area (Å²) in [7, 11) is 0. The van der Waals surface area contributed by atoms with Gasteiger partial charge in [-0.2, -0.15) is 0 Å². The van der Waals surface area contributed by atoms with Crippen LogP contribution in [0, 0.1) is 11.7 Å². The van der Waals surface area contributed by atoms with E-state index in [-0.39, 0.29) is 5.82 Å². The number of halogens is 2. The predicted octanol–water partition coefficient (Wildman–Crippen LogP) is 6.52. The van der Waals surface area contributed by atoms with Crippen molar-refractivity contribution >= 4 is 11.6 Å². The van der Waals surface area contributed by atoms with Gasteiger partial charge < -0.3 is 0 Å². The molecule has 3 rings (SSSR count). The van der Waals surface area contributed by atoms with Gasteiger partial charge in [-0.05, 0) is 66.3 Å². The van der Waals surface area contributed by atoms with Crippen LogP contribution < -0.4 is 0 Å². The maximum absolute atomic E-state index is 13.0. The maximum atomic E-state index is 13.0. The molecule has 0 aromatic heterocycles. The zero-order valence-corrected chi connectivity index (χ0v) is 13.3. The number of hydrogen-bond acceptors (Lipinski definition) is 0. The van der Waals surface area contributed by atoms with Crippen LogP contribution in [0.3, 0.4) is 0 Å². The van der Waals surface area contributed by atoms with Crippen molar-refractivity contribution in [2.24, 2.45) is 5.92 Å². The maximum Gasteiger partial charge on any atom is 0.123 e. The number of rotatable bonds is 3. The molecule has 1 fully saturated rings. The van der Waals surface area contributed by atoms with E-state index in [2.05, 4.69) is 30.3 Å². The van der Waals surface area contributed by atoms with Crippen molar-refractivity contribution in [3.8, 4) is 11.1 Å². The molecule has 0 unspecified atom stereocenters. The van der Waals surface area contributed by atoms with Gasteiger partial charge in [-0.3, -0.25) is 0 Å². The summed E-state index contributed by atoms with van der Waals surface area (Å²) >= 11 is 5.67. The van der Waals surface area contributed by atoms with Crippen LogP contribution in [-0.2, 0) is 0 Å². The Hall–Kier alpha value is -1.60. The van der Waals surface area contributed by atoms with Crippen LogP contribution >= 0.6 is 11.6 Å². The van der Waals surface area contributed by atoms with E-state index in [1.165, 1.54) is 43.4 Å². The topological polar surface area (TPSA) is 0 Å². The largest absolute Gasteiger partial charge is 0.207 e. The zero-order valence-electron chi connectivity index (χ0n) is 12.5. The van der Waals surface area contributed by atoms with Crippen LogP contribution in [0.4, 0.5) is 4.39 Å². The average molecular weight is 315 g/mol. The molecule has 2 aromatic carbocycles. The highest BCUT2D eigenvalue weighted by Gasteiger charge is 2.20. The van der Waals surface area contributed by atoms with Crippen LogP contribution in [0.1, 0.15) is 37.2 Å². The fraction of sp³-hybridized carbons (Fsp3) is 0.300. The molecule has 0 N–H and O–H groups in total. The van der Waals surface area contributed by atoms with Crippen molar-refractivity contribution in [2.45, 2.75) is 31.6 Å². The van der Waals surface area contributed by atoms with Crippen molar-refractivity contribution < 1.29 is 4.39 Å². The number of allylic oxidation sites excluding steroid dienone is 1. The smallest absolute Gasteiger partial charge is 0.123 e. The summed E-state index contributed by atoms with van der Waals surface area (Å²) in [6.07, 6.45) is 7.00. The van der Waals surface area contributed by atoms with Gasteiger partial charge in [-0.15, -0.1) is 0 Å². The molecule has 0 nitrogen and oxygen atoms in total. The second-order valence-electron chi connectivity index (χ2n) is 6.06. The average Bonchev–Trinajstić information content (AvgIpc) is 2.57. The van der Waals surface area contributed by atoms with Gasteiger partial charge in [-0.1, -0.05) is 54.1 Å². The molecular formula is C20H20ClF. The minimum atomic E-state index is -0.192. The van der Waals surface area contributed by atoms with Crippen LogP contribution in [-0.4, -0.2) is 0 Å². The standard InChI is InChI=1S/C20H20ClF/c21-14-13-15-1-3-16(4-2-15)17-5-7-18(8-6-17)19-9-11-20(22)12-10-19/h5-16H,1-4H2/b14-13+. The molecule has 0 radical (unpaired) electrons. The van der Waals surface area contributed by atoms with Gasteiger partial charge in [0.05, 0.1) is 0 Å². The summed E-state index contributed by atoms with van der Waals surface area (Å²) in [6, 6.07) is 15.4. The number of hydrogen-bond donors (Lipinski definition) is 0. The summed E-state index contributed by atoms with van der Waals surface area (Å²) < 4.78 is 13.0. The highest BCUT2D eigenvalue weighted by molar-refractivity contribution is 6.25. The van der Waals surface area contributed by atoms with E-state index in [1.54, 1.807) is 5.54 Å². The second-order valence-corrected chi connectivity index (χ2v) is 6.31. The van der Waals surface area contributed by atoms with Crippen LogP contribution in [0.5, 0.6) is 0 Å². The molecule has 114 valence electrons. The monoisotopic (exact) mass is 314 g/mol. The van der Waals surface area contributed by atoms with Gasteiger partial charge in [0.25, 0.3) is 0 Å². The molecule has 2 aromatic rings.